The number of aromatic nitrogens is 2. The van der Waals surface area contributed by atoms with Crippen molar-refractivity contribution < 1.29 is 39.3 Å². The van der Waals surface area contributed by atoms with Gasteiger partial charge < -0.3 is 19.8 Å². The van der Waals surface area contributed by atoms with E-state index in [9.17, 15) is 0 Å². The van der Waals surface area contributed by atoms with E-state index in [0.29, 0.717) is 0 Å². The van der Waals surface area contributed by atoms with Crippen molar-refractivity contribution in [1.82, 2.24) is 9.97 Å². The van der Waals surface area contributed by atoms with Crippen LogP contribution in [0.4, 0.5) is 0 Å². The number of hydrogen-bond acceptors (Lipinski definition) is 6. The minimum absolute atomic E-state index is 0. The largest absolute Gasteiger partial charge is 2.00 e. The average molecular weight is 340 g/mol. The van der Waals surface area contributed by atoms with Crippen molar-refractivity contribution in [3.8, 4) is 11.4 Å². The average Bonchev–Trinajstić information content (AvgIpc) is 2.39. The number of carbonyl (C=O) groups excluding carboxylic acids is 2. The second-order valence-corrected chi connectivity index (χ2v) is 3.41. The molecule has 0 spiro atoms. The van der Waals surface area contributed by atoms with Crippen molar-refractivity contribution in [1.29, 1.82) is 0 Å². The van der Waals surface area contributed by atoms with Crippen LogP contribution in [0, 0.1) is 0 Å². The van der Waals surface area contributed by atoms with E-state index in [2.05, 4.69) is 9.97 Å². The van der Waals surface area contributed by atoms with Crippen molar-refractivity contribution >= 4 is 11.9 Å². The summed E-state index contributed by atoms with van der Waals surface area (Å²) in [5, 5.41) is 17.8. The van der Waals surface area contributed by atoms with Gasteiger partial charge in [-0.2, -0.15) is 0 Å². The second-order valence-electron chi connectivity index (χ2n) is 3.41. The Labute approximate surface area is 135 Å². The predicted molar refractivity (Wildman–Crippen MR) is 68.8 cm³/mol. The first-order valence-corrected chi connectivity index (χ1v) is 5.61. The molecule has 0 unspecified atom stereocenters. The quantitative estimate of drug-likeness (QED) is 0.658. The normalized spacial score (nSPS) is 7.90. The van der Waals surface area contributed by atoms with E-state index in [0.717, 1.165) is 25.2 Å². The molecular formula is C14H14N2O4Zn. The Morgan fingerprint density at radius 1 is 0.810 bits per heavy atom. The maximum Gasteiger partial charge on any atom is 2.00 e. The Morgan fingerprint density at radius 3 is 1.29 bits per heavy atom. The molecule has 0 fully saturated rings. The molecule has 21 heavy (non-hydrogen) atoms. The fourth-order valence-electron chi connectivity index (χ4n) is 1.03. The zero-order valence-corrected chi connectivity index (χ0v) is 14.8. The SMILES string of the molecule is CC(=O)[O-].CC(=O)[O-].[Zn+2].c1ccc(-c2ccccn2)nc1. The number of pyridine rings is 2. The summed E-state index contributed by atoms with van der Waals surface area (Å²) in [6.45, 7) is 1.94. The van der Waals surface area contributed by atoms with Crippen LogP contribution in [0.1, 0.15) is 13.8 Å². The van der Waals surface area contributed by atoms with Gasteiger partial charge in [0.1, 0.15) is 0 Å². The number of hydrogen-bond donors (Lipinski definition) is 0. The molecule has 2 heterocycles. The molecule has 7 heteroatoms. The maximum atomic E-state index is 8.89. The molecule has 0 aliphatic heterocycles. The van der Waals surface area contributed by atoms with E-state index >= 15 is 0 Å². The smallest absolute Gasteiger partial charge is 0.550 e. The van der Waals surface area contributed by atoms with Gasteiger partial charge in [0.25, 0.3) is 0 Å². The van der Waals surface area contributed by atoms with Crippen LogP contribution in [0.15, 0.2) is 48.8 Å². The summed E-state index contributed by atoms with van der Waals surface area (Å²) in [7, 11) is 0. The first-order chi connectivity index (χ1) is 9.43. The molecule has 0 N–H and O–H groups in total. The molecule has 0 aliphatic carbocycles. The van der Waals surface area contributed by atoms with Gasteiger partial charge in [-0.15, -0.1) is 0 Å². The van der Waals surface area contributed by atoms with E-state index in [-0.39, 0.29) is 19.5 Å². The van der Waals surface area contributed by atoms with E-state index in [1.165, 1.54) is 0 Å². The molecule has 0 aliphatic rings. The van der Waals surface area contributed by atoms with Crippen molar-refractivity contribution in [3.05, 3.63) is 48.8 Å². The molecule has 0 radical (unpaired) electrons. The number of aliphatic carboxylic acids is 2. The first-order valence-electron chi connectivity index (χ1n) is 5.61. The Balaban J connectivity index is 0. The van der Waals surface area contributed by atoms with Gasteiger partial charge in [0, 0.05) is 24.3 Å². The third kappa shape index (κ3) is 14.1. The summed E-state index contributed by atoms with van der Waals surface area (Å²) >= 11 is 0. The molecule has 0 bridgehead atoms. The van der Waals surface area contributed by atoms with E-state index < -0.39 is 11.9 Å². The summed E-state index contributed by atoms with van der Waals surface area (Å²) in [5.41, 5.74) is 1.83. The van der Waals surface area contributed by atoms with Gasteiger partial charge in [0.15, 0.2) is 0 Å². The molecule has 2 aromatic rings. The third-order valence-electron chi connectivity index (χ3n) is 1.59. The van der Waals surface area contributed by atoms with Gasteiger partial charge in [0.05, 0.1) is 11.4 Å². The van der Waals surface area contributed by atoms with Gasteiger partial charge in [-0.25, -0.2) is 0 Å². The van der Waals surface area contributed by atoms with Gasteiger partial charge in [-0.1, -0.05) is 12.1 Å². The Morgan fingerprint density at radius 2 is 1.10 bits per heavy atom. The van der Waals surface area contributed by atoms with Crippen LogP contribution < -0.4 is 10.2 Å². The molecule has 106 valence electrons. The van der Waals surface area contributed by atoms with Crippen LogP contribution in [-0.4, -0.2) is 21.9 Å². The van der Waals surface area contributed by atoms with Crippen molar-refractivity contribution in [2.24, 2.45) is 0 Å². The fourth-order valence-corrected chi connectivity index (χ4v) is 1.03. The van der Waals surface area contributed by atoms with Gasteiger partial charge >= 0.3 is 19.5 Å². The zero-order valence-electron chi connectivity index (χ0n) is 11.9. The maximum absolute atomic E-state index is 8.89. The van der Waals surface area contributed by atoms with Crippen LogP contribution >= 0.6 is 0 Å². The Bertz CT molecular complexity index is 464. The summed E-state index contributed by atoms with van der Waals surface area (Å²) in [4.78, 5) is 26.2. The standard InChI is InChI=1S/C10H8N2.2C2H4O2.Zn/c1-3-7-11-9(5-1)10-6-2-4-8-12-10;2*1-2(3)4;/h1-8H;2*1H3,(H,3,4);/q;;;+2/p-2. The molecule has 0 saturated carbocycles. The molecule has 0 atom stereocenters. The zero-order chi connectivity index (χ0) is 15.4. The number of nitrogens with zero attached hydrogens (tertiary/aromatic N) is 2. The first kappa shape index (κ1) is 21.2. The molecule has 0 amide bonds. The number of rotatable bonds is 1. The molecule has 2 rings (SSSR count). The van der Waals surface area contributed by atoms with Crippen LogP contribution in [0.2, 0.25) is 0 Å². The van der Waals surface area contributed by atoms with Crippen LogP contribution in [0.25, 0.3) is 11.4 Å². The van der Waals surface area contributed by atoms with Crippen LogP contribution in [-0.2, 0) is 29.1 Å². The summed E-state index contributed by atoms with van der Waals surface area (Å²) in [6, 6.07) is 11.6. The van der Waals surface area contributed by atoms with E-state index in [4.69, 9.17) is 19.8 Å². The topological polar surface area (TPSA) is 106 Å². The number of carboxylic acid groups (broad SMARTS) is 2. The molecule has 0 aromatic carbocycles. The summed E-state index contributed by atoms with van der Waals surface area (Å²) < 4.78 is 0. The fraction of sp³-hybridized carbons (Fsp3) is 0.143. The summed E-state index contributed by atoms with van der Waals surface area (Å²) in [6.07, 6.45) is 3.54. The van der Waals surface area contributed by atoms with Gasteiger partial charge in [-0.05, 0) is 38.1 Å². The van der Waals surface area contributed by atoms with E-state index in [1.807, 2.05) is 36.4 Å². The number of carboxylic acids is 2. The molecular weight excluding hydrogens is 326 g/mol. The second kappa shape index (κ2) is 12.9. The predicted octanol–water partition coefficient (Wildman–Crippen LogP) is -0.346. The van der Waals surface area contributed by atoms with Crippen LogP contribution in [0.3, 0.4) is 0 Å². The summed E-state index contributed by atoms with van der Waals surface area (Å²) in [5.74, 6) is -2.17. The minimum atomic E-state index is -1.08. The van der Waals surface area contributed by atoms with Gasteiger partial charge in [-0.3, -0.25) is 9.97 Å². The van der Waals surface area contributed by atoms with E-state index in [1.54, 1.807) is 12.4 Å². The van der Waals surface area contributed by atoms with Crippen molar-refractivity contribution in [2.45, 2.75) is 13.8 Å². The van der Waals surface area contributed by atoms with Crippen LogP contribution in [0.5, 0.6) is 0 Å². The molecule has 6 nitrogen and oxygen atoms in total. The van der Waals surface area contributed by atoms with Gasteiger partial charge in [0.2, 0.25) is 0 Å². The molecule has 0 saturated heterocycles. The minimum Gasteiger partial charge on any atom is -0.550 e. The monoisotopic (exact) mass is 338 g/mol. The third-order valence-corrected chi connectivity index (χ3v) is 1.59. The Kier molecular flexibility index (Phi) is 13.0. The Hall–Kier alpha value is -2.14. The van der Waals surface area contributed by atoms with Crippen molar-refractivity contribution in [2.75, 3.05) is 0 Å². The van der Waals surface area contributed by atoms with Crippen molar-refractivity contribution in [3.63, 3.8) is 0 Å². The molecule has 2 aromatic heterocycles. The number of carbonyl (C=O) groups is 2.